The van der Waals surface area contributed by atoms with Crippen molar-refractivity contribution in [2.75, 3.05) is 18.4 Å². The zero-order valence-corrected chi connectivity index (χ0v) is 19.6. The molecule has 1 aliphatic heterocycles. The van der Waals surface area contributed by atoms with Crippen molar-refractivity contribution in [2.24, 2.45) is 0 Å². The van der Waals surface area contributed by atoms with Gasteiger partial charge in [0.25, 0.3) is 0 Å². The van der Waals surface area contributed by atoms with Gasteiger partial charge in [0.2, 0.25) is 0 Å². The molecular weight excluding hydrogens is 441 g/mol. The van der Waals surface area contributed by atoms with E-state index >= 15 is 0 Å². The van der Waals surface area contributed by atoms with Crippen LogP contribution in [0.25, 0.3) is 5.65 Å². The van der Waals surface area contributed by atoms with E-state index in [0.29, 0.717) is 28.6 Å². The van der Waals surface area contributed by atoms with E-state index < -0.39 is 0 Å². The Bertz CT molecular complexity index is 1290. The average Bonchev–Trinajstić information content (AvgIpc) is 3.33. The van der Waals surface area contributed by atoms with Gasteiger partial charge in [0, 0.05) is 41.4 Å². The van der Waals surface area contributed by atoms with Gasteiger partial charge in [-0.2, -0.15) is 10.2 Å². The molecule has 4 heterocycles. The first-order valence-corrected chi connectivity index (χ1v) is 11.7. The standard InChI is InChI=1S/C24H27ClFN7/c1-15-10-23(30-29-15)27-22-13-19(14-32-8-4-3-5-9-32)33-24(28-22)20(16(2)31-33)11-17-6-7-18(25)12-21(17)26/h6-7,10,12-13H,3-5,8-9,11,14H2,1-2H3,(H2,27,28,29,30). The third kappa shape index (κ3) is 4.72. The van der Waals surface area contributed by atoms with Gasteiger partial charge in [-0.3, -0.25) is 10.00 Å². The minimum atomic E-state index is -0.323. The van der Waals surface area contributed by atoms with Crippen LogP contribution in [0.3, 0.4) is 0 Å². The molecule has 0 amide bonds. The van der Waals surface area contributed by atoms with E-state index in [1.807, 2.05) is 30.5 Å². The predicted octanol–water partition coefficient (Wildman–Crippen LogP) is 5.18. The van der Waals surface area contributed by atoms with Crippen molar-refractivity contribution < 1.29 is 4.39 Å². The summed E-state index contributed by atoms with van der Waals surface area (Å²) in [7, 11) is 0. The summed E-state index contributed by atoms with van der Waals surface area (Å²) in [5.74, 6) is 1.07. The highest BCUT2D eigenvalue weighted by Crippen LogP contribution is 2.26. The molecule has 0 aliphatic carbocycles. The molecule has 0 unspecified atom stereocenters. The van der Waals surface area contributed by atoms with Crippen LogP contribution in [0, 0.1) is 19.7 Å². The Morgan fingerprint density at radius 1 is 1.09 bits per heavy atom. The van der Waals surface area contributed by atoms with Crippen molar-refractivity contribution in [3.63, 3.8) is 0 Å². The molecule has 4 aromatic rings. The lowest BCUT2D eigenvalue weighted by atomic mass is 10.0. The number of benzene rings is 1. The number of anilines is 2. The predicted molar refractivity (Wildman–Crippen MR) is 128 cm³/mol. The lowest BCUT2D eigenvalue weighted by molar-refractivity contribution is 0.217. The number of aryl methyl sites for hydroxylation is 2. The number of aromatic amines is 1. The van der Waals surface area contributed by atoms with E-state index in [2.05, 4.69) is 20.4 Å². The number of fused-ring (bicyclic) bond motifs is 1. The number of nitrogens with one attached hydrogen (secondary N) is 2. The van der Waals surface area contributed by atoms with Crippen molar-refractivity contribution in [2.45, 2.75) is 46.1 Å². The van der Waals surface area contributed by atoms with Crippen molar-refractivity contribution in [1.29, 1.82) is 0 Å². The van der Waals surface area contributed by atoms with Crippen LogP contribution in [0.15, 0.2) is 30.3 Å². The Kier molecular flexibility index (Phi) is 6.03. The second-order valence-corrected chi connectivity index (χ2v) is 9.18. The number of rotatable bonds is 6. The van der Waals surface area contributed by atoms with Crippen LogP contribution in [0.4, 0.5) is 16.0 Å². The molecule has 0 radical (unpaired) electrons. The summed E-state index contributed by atoms with van der Waals surface area (Å²) in [4.78, 5) is 7.32. The molecule has 1 aliphatic rings. The zero-order chi connectivity index (χ0) is 22.9. The largest absolute Gasteiger partial charge is 0.323 e. The van der Waals surface area contributed by atoms with Crippen LogP contribution in [0.2, 0.25) is 5.02 Å². The Balaban J connectivity index is 1.57. The van der Waals surface area contributed by atoms with Crippen molar-refractivity contribution >= 4 is 28.9 Å². The number of aromatic nitrogens is 5. The smallest absolute Gasteiger partial charge is 0.161 e. The maximum atomic E-state index is 14.6. The fourth-order valence-electron chi connectivity index (χ4n) is 4.43. The van der Waals surface area contributed by atoms with Crippen molar-refractivity contribution in [3.05, 3.63) is 69.4 Å². The van der Waals surface area contributed by atoms with Gasteiger partial charge >= 0.3 is 0 Å². The molecule has 9 heteroatoms. The van der Waals surface area contributed by atoms with E-state index in [0.717, 1.165) is 47.9 Å². The molecule has 172 valence electrons. The number of halogens is 2. The third-order valence-corrected chi connectivity index (χ3v) is 6.37. The van der Waals surface area contributed by atoms with Crippen molar-refractivity contribution in [1.82, 2.24) is 29.7 Å². The monoisotopic (exact) mass is 467 g/mol. The Morgan fingerprint density at radius 2 is 1.91 bits per heavy atom. The van der Waals surface area contributed by atoms with Crippen LogP contribution >= 0.6 is 11.6 Å². The molecule has 2 N–H and O–H groups in total. The number of piperidine rings is 1. The zero-order valence-electron chi connectivity index (χ0n) is 18.8. The van der Waals surface area contributed by atoms with Gasteiger partial charge in [-0.1, -0.05) is 24.1 Å². The number of hydrogen-bond donors (Lipinski definition) is 2. The summed E-state index contributed by atoms with van der Waals surface area (Å²) < 4.78 is 16.5. The van der Waals surface area contributed by atoms with Crippen LogP contribution in [0.1, 0.15) is 47.5 Å². The van der Waals surface area contributed by atoms with Crippen LogP contribution in [-0.4, -0.2) is 42.8 Å². The van der Waals surface area contributed by atoms with E-state index in [9.17, 15) is 4.39 Å². The van der Waals surface area contributed by atoms with Gasteiger partial charge in [-0.15, -0.1) is 0 Å². The number of hydrogen-bond acceptors (Lipinski definition) is 5. The number of likely N-dealkylation sites (tertiary alicyclic amines) is 1. The summed E-state index contributed by atoms with van der Waals surface area (Å²) >= 11 is 5.95. The molecule has 0 saturated carbocycles. The maximum absolute atomic E-state index is 14.6. The summed E-state index contributed by atoms with van der Waals surface area (Å²) in [5.41, 5.74) is 5.04. The van der Waals surface area contributed by atoms with E-state index in [1.165, 1.54) is 25.3 Å². The highest BCUT2D eigenvalue weighted by Gasteiger charge is 2.20. The molecule has 1 aromatic carbocycles. The minimum absolute atomic E-state index is 0.323. The number of nitrogens with zero attached hydrogens (tertiary/aromatic N) is 5. The van der Waals surface area contributed by atoms with E-state index in [-0.39, 0.29) is 5.82 Å². The highest BCUT2D eigenvalue weighted by atomic mass is 35.5. The summed E-state index contributed by atoms with van der Waals surface area (Å²) in [5, 5.41) is 15.7. The fourth-order valence-corrected chi connectivity index (χ4v) is 4.59. The van der Waals surface area contributed by atoms with Crippen LogP contribution in [0.5, 0.6) is 0 Å². The molecule has 5 rings (SSSR count). The Hall–Kier alpha value is -2.97. The first-order valence-electron chi connectivity index (χ1n) is 11.3. The third-order valence-electron chi connectivity index (χ3n) is 6.14. The normalized spacial score (nSPS) is 14.8. The Labute approximate surface area is 197 Å². The Morgan fingerprint density at radius 3 is 2.64 bits per heavy atom. The van der Waals surface area contributed by atoms with Gasteiger partial charge in [-0.05, 0) is 57.5 Å². The fraction of sp³-hybridized carbons (Fsp3) is 0.375. The molecule has 7 nitrogen and oxygen atoms in total. The average molecular weight is 468 g/mol. The molecule has 3 aromatic heterocycles. The summed E-state index contributed by atoms with van der Waals surface area (Å²) in [6.45, 7) is 6.84. The lowest BCUT2D eigenvalue weighted by Crippen LogP contribution is -2.30. The van der Waals surface area contributed by atoms with Gasteiger partial charge in [0.05, 0.1) is 11.4 Å². The molecule has 0 bridgehead atoms. The minimum Gasteiger partial charge on any atom is -0.323 e. The molecule has 0 spiro atoms. The maximum Gasteiger partial charge on any atom is 0.161 e. The molecule has 1 fully saturated rings. The van der Waals surface area contributed by atoms with Crippen LogP contribution < -0.4 is 5.32 Å². The second kappa shape index (κ2) is 9.11. The number of H-pyrrole nitrogens is 1. The molecule has 0 atom stereocenters. The van der Waals surface area contributed by atoms with Crippen LogP contribution in [-0.2, 0) is 13.0 Å². The van der Waals surface area contributed by atoms with Gasteiger partial charge < -0.3 is 5.32 Å². The van der Waals surface area contributed by atoms with E-state index in [4.69, 9.17) is 21.7 Å². The second-order valence-electron chi connectivity index (χ2n) is 8.74. The SMILES string of the molecule is Cc1cc(Nc2cc(CN3CCCCC3)n3nc(C)c(Cc4ccc(Cl)cc4F)c3n2)n[nH]1. The van der Waals surface area contributed by atoms with E-state index in [1.54, 1.807) is 12.1 Å². The first kappa shape index (κ1) is 21.9. The summed E-state index contributed by atoms with van der Waals surface area (Å²) in [6.07, 6.45) is 4.10. The highest BCUT2D eigenvalue weighted by molar-refractivity contribution is 6.30. The summed E-state index contributed by atoms with van der Waals surface area (Å²) in [6, 6.07) is 8.75. The van der Waals surface area contributed by atoms with Crippen molar-refractivity contribution in [3.8, 4) is 0 Å². The van der Waals surface area contributed by atoms with Gasteiger partial charge in [0.15, 0.2) is 11.5 Å². The molecule has 33 heavy (non-hydrogen) atoms. The first-order chi connectivity index (χ1) is 16.0. The molecule has 1 saturated heterocycles. The van der Waals surface area contributed by atoms with Gasteiger partial charge in [0.1, 0.15) is 11.6 Å². The topological polar surface area (TPSA) is 74.1 Å². The quantitative estimate of drug-likeness (QED) is 0.408. The van der Waals surface area contributed by atoms with Gasteiger partial charge in [-0.25, -0.2) is 13.9 Å². The lowest BCUT2D eigenvalue weighted by Gasteiger charge is -2.26. The molecular formula is C24H27ClFN7.